The summed E-state index contributed by atoms with van der Waals surface area (Å²) in [6, 6.07) is 11.4. The molecule has 1 unspecified atom stereocenters. The van der Waals surface area contributed by atoms with Crippen molar-refractivity contribution in [1.82, 2.24) is 0 Å². The molecule has 0 heterocycles. The molecular formula is C17H19Br. The van der Waals surface area contributed by atoms with Crippen LogP contribution in [0.15, 0.2) is 30.3 Å². The zero-order chi connectivity index (χ0) is 12.9. The number of benzene rings is 2. The van der Waals surface area contributed by atoms with Gasteiger partial charge in [0, 0.05) is 4.83 Å². The van der Waals surface area contributed by atoms with Crippen molar-refractivity contribution in [3.63, 3.8) is 0 Å². The fourth-order valence-electron chi connectivity index (χ4n) is 2.96. The first kappa shape index (κ1) is 12.2. The Labute approximate surface area is 118 Å². The second-order valence-corrected chi connectivity index (χ2v) is 7.30. The number of rotatable bonds is 1. The minimum Gasteiger partial charge on any atom is -0.0833 e. The second-order valence-electron chi connectivity index (χ2n) is 6.38. The van der Waals surface area contributed by atoms with Gasteiger partial charge in [0.1, 0.15) is 0 Å². The molecule has 2 aromatic carbocycles. The van der Waals surface area contributed by atoms with Gasteiger partial charge >= 0.3 is 0 Å². The summed E-state index contributed by atoms with van der Waals surface area (Å²) in [5.41, 5.74) is 4.72. The topological polar surface area (TPSA) is 0 Å². The Morgan fingerprint density at radius 1 is 1.00 bits per heavy atom. The Morgan fingerprint density at radius 2 is 1.67 bits per heavy atom. The molecule has 1 aliphatic rings. The van der Waals surface area contributed by atoms with Crippen LogP contribution in [0.5, 0.6) is 0 Å². The molecule has 0 N–H and O–H groups in total. The molecule has 18 heavy (non-hydrogen) atoms. The summed E-state index contributed by atoms with van der Waals surface area (Å²) in [7, 11) is 0. The van der Waals surface area contributed by atoms with Gasteiger partial charge in [-0.2, -0.15) is 0 Å². The average Bonchev–Trinajstić information content (AvgIpc) is 2.73. The van der Waals surface area contributed by atoms with Gasteiger partial charge in [-0.1, -0.05) is 67.0 Å². The molecule has 1 heteroatoms. The summed E-state index contributed by atoms with van der Waals surface area (Å²) in [6.45, 7) is 6.86. The lowest BCUT2D eigenvalue weighted by atomic mass is 9.85. The van der Waals surface area contributed by atoms with Crippen molar-refractivity contribution in [3.8, 4) is 0 Å². The molecule has 94 valence electrons. The summed E-state index contributed by atoms with van der Waals surface area (Å²) in [5.74, 6) is 0. The van der Waals surface area contributed by atoms with E-state index in [9.17, 15) is 0 Å². The number of halogens is 1. The van der Waals surface area contributed by atoms with Crippen LogP contribution in [-0.4, -0.2) is 0 Å². The fourth-order valence-corrected chi connectivity index (χ4v) is 3.36. The van der Waals surface area contributed by atoms with Crippen LogP contribution in [0.1, 0.15) is 42.3 Å². The number of alkyl halides is 1. The monoisotopic (exact) mass is 302 g/mol. The van der Waals surface area contributed by atoms with Gasteiger partial charge in [0.15, 0.2) is 0 Å². The molecule has 0 saturated carbocycles. The molecule has 0 spiro atoms. The molecule has 0 aliphatic heterocycles. The maximum atomic E-state index is 3.90. The van der Waals surface area contributed by atoms with E-state index in [1.165, 1.54) is 40.3 Å². The van der Waals surface area contributed by atoms with Crippen LogP contribution in [0.3, 0.4) is 0 Å². The smallest absolute Gasteiger partial charge is 0.0449 e. The molecule has 0 bridgehead atoms. The Hall–Kier alpha value is -0.820. The highest BCUT2D eigenvalue weighted by Crippen LogP contribution is 2.44. The SMILES string of the molecule is CC(C)(C)C(Br)c1ccc2c3c(cccc13)CC2. The zero-order valence-electron chi connectivity index (χ0n) is 11.3. The van der Waals surface area contributed by atoms with E-state index in [-0.39, 0.29) is 5.41 Å². The minimum absolute atomic E-state index is 0.235. The maximum Gasteiger partial charge on any atom is 0.0449 e. The van der Waals surface area contributed by atoms with Crippen LogP contribution in [0.2, 0.25) is 0 Å². The van der Waals surface area contributed by atoms with Gasteiger partial charge in [0.05, 0.1) is 0 Å². The molecule has 1 aliphatic carbocycles. The van der Waals surface area contributed by atoms with Crippen molar-refractivity contribution >= 4 is 26.7 Å². The van der Waals surface area contributed by atoms with Crippen LogP contribution in [0.25, 0.3) is 10.8 Å². The Kier molecular flexibility index (Phi) is 2.78. The second kappa shape index (κ2) is 4.09. The minimum atomic E-state index is 0.235. The van der Waals surface area contributed by atoms with Crippen LogP contribution in [0.4, 0.5) is 0 Å². The van der Waals surface area contributed by atoms with Gasteiger partial charge in [-0.15, -0.1) is 0 Å². The molecule has 1 atom stereocenters. The van der Waals surface area contributed by atoms with Crippen molar-refractivity contribution in [2.24, 2.45) is 5.41 Å². The molecule has 0 saturated heterocycles. The highest BCUT2D eigenvalue weighted by molar-refractivity contribution is 9.09. The van der Waals surface area contributed by atoms with E-state index in [1.807, 2.05) is 0 Å². The van der Waals surface area contributed by atoms with Crippen LogP contribution >= 0.6 is 15.9 Å². The Bertz CT molecular complexity index is 595. The van der Waals surface area contributed by atoms with E-state index in [4.69, 9.17) is 0 Å². The van der Waals surface area contributed by atoms with Crippen molar-refractivity contribution in [2.75, 3.05) is 0 Å². The van der Waals surface area contributed by atoms with Crippen molar-refractivity contribution in [3.05, 3.63) is 47.0 Å². The van der Waals surface area contributed by atoms with Gasteiger partial charge in [-0.25, -0.2) is 0 Å². The molecule has 0 fully saturated rings. The van der Waals surface area contributed by atoms with Crippen molar-refractivity contribution in [2.45, 2.75) is 38.4 Å². The zero-order valence-corrected chi connectivity index (χ0v) is 12.8. The predicted octanol–water partition coefficient (Wildman–Crippen LogP) is 5.42. The largest absolute Gasteiger partial charge is 0.0833 e. The molecule has 2 aromatic rings. The van der Waals surface area contributed by atoms with Gasteiger partial charge in [0.2, 0.25) is 0 Å². The van der Waals surface area contributed by atoms with Crippen LogP contribution in [-0.2, 0) is 12.8 Å². The number of hydrogen-bond donors (Lipinski definition) is 0. The first-order chi connectivity index (χ1) is 8.48. The van der Waals surface area contributed by atoms with E-state index in [0.29, 0.717) is 4.83 Å². The number of hydrogen-bond acceptors (Lipinski definition) is 0. The van der Waals surface area contributed by atoms with Gasteiger partial charge in [-0.05, 0) is 45.7 Å². The highest BCUT2D eigenvalue weighted by atomic mass is 79.9. The van der Waals surface area contributed by atoms with Gasteiger partial charge in [-0.3, -0.25) is 0 Å². The summed E-state index contributed by atoms with van der Waals surface area (Å²) in [4.78, 5) is 0.398. The summed E-state index contributed by atoms with van der Waals surface area (Å²) in [6.07, 6.45) is 2.41. The van der Waals surface area contributed by atoms with E-state index in [0.717, 1.165) is 0 Å². The third-order valence-corrected chi connectivity index (χ3v) is 5.81. The Balaban J connectivity index is 2.27. The molecule has 0 radical (unpaired) electrons. The normalized spacial score (nSPS) is 16.2. The Morgan fingerprint density at radius 3 is 2.33 bits per heavy atom. The summed E-state index contributed by atoms with van der Waals surface area (Å²) >= 11 is 3.90. The average molecular weight is 303 g/mol. The lowest BCUT2D eigenvalue weighted by Gasteiger charge is -2.27. The summed E-state index contributed by atoms with van der Waals surface area (Å²) in [5, 5.41) is 2.96. The van der Waals surface area contributed by atoms with Crippen LogP contribution < -0.4 is 0 Å². The third kappa shape index (κ3) is 1.80. The molecule has 0 aromatic heterocycles. The van der Waals surface area contributed by atoms with Gasteiger partial charge in [0.25, 0.3) is 0 Å². The van der Waals surface area contributed by atoms with Gasteiger partial charge < -0.3 is 0 Å². The van der Waals surface area contributed by atoms with E-state index >= 15 is 0 Å². The summed E-state index contributed by atoms with van der Waals surface area (Å²) < 4.78 is 0. The third-order valence-electron chi connectivity index (χ3n) is 3.94. The molecule has 0 amide bonds. The van der Waals surface area contributed by atoms with Crippen LogP contribution in [0, 0.1) is 5.41 Å². The first-order valence-electron chi connectivity index (χ1n) is 6.66. The van der Waals surface area contributed by atoms with E-state index in [1.54, 1.807) is 0 Å². The number of aryl methyl sites for hydroxylation is 2. The predicted molar refractivity (Wildman–Crippen MR) is 82.5 cm³/mol. The first-order valence-corrected chi connectivity index (χ1v) is 7.57. The standard InChI is InChI=1S/C17H19Br/c1-17(2,3)16(18)14-10-9-12-8-7-11-5-4-6-13(14)15(11)12/h4-6,9-10,16H,7-8H2,1-3H3. The van der Waals surface area contributed by atoms with E-state index in [2.05, 4.69) is 67.0 Å². The van der Waals surface area contributed by atoms with E-state index < -0.39 is 0 Å². The van der Waals surface area contributed by atoms with Crippen molar-refractivity contribution < 1.29 is 0 Å². The molecule has 3 rings (SSSR count). The molecular weight excluding hydrogens is 284 g/mol. The highest BCUT2D eigenvalue weighted by Gasteiger charge is 2.26. The molecule has 0 nitrogen and oxygen atoms in total. The fraction of sp³-hybridized carbons (Fsp3) is 0.412. The van der Waals surface area contributed by atoms with Crippen molar-refractivity contribution in [1.29, 1.82) is 0 Å². The quantitative estimate of drug-likeness (QED) is 0.617. The lowest BCUT2D eigenvalue weighted by molar-refractivity contribution is 0.408. The lowest BCUT2D eigenvalue weighted by Crippen LogP contribution is -2.13. The maximum absolute atomic E-state index is 3.90.